The maximum atomic E-state index is 12.5. The third-order valence-corrected chi connectivity index (χ3v) is 2.75. The van der Waals surface area contributed by atoms with Crippen LogP contribution in [0.3, 0.4) is 0 Å². The lowest BCUT2D eigenvalue weighted by Gasteiger charge is -2.12. The van der Waals surface area contributed by atoms with Gasteiger partial charge in [-0.25, -0.2) is 0 Å². The van der Waals surface area contributed by atoms with Crippen LogP contribution in [0.2, 0.25) is 0 Å². The number of alkyl halides is 3. The van der Waals surface area contributed by atoms with Crippen LogP contribution in [0.5, 0.6) is 0 Å². The molecule has 1 N–H and O–H groups in total. The largest absolute Gasteiger partial charge is 0.454 e. The van der Waals surface area contributed by atoms with Crippen molar-refractivity contribution in [1.29, 1.82) is 0 Å². The first-order valence-corrected chi connectivity index (χ1v) is 5.97. The van der Waals surface area contributed by atoms with E-state index in [0.717, 1.165) is 5.56 Å². The Morgan fingerprint density at radius 1 is 0.950 bits per heavy atom. The second kappa shape index (κ2) is 5.77. The summed E-state index contributed by atoms with van der Waals surface area (Å²) in [5.74, 6) is -1.84. The fourth-order valence-electron chi connectivity index (χ4n) is 1.78. The number of halogens is 3. The van der Waals surface area contributed by atoms with Crippen LogP contribution < -0.4 is 5.32 Å². The number of ketones is 1. The van der Waals surface area contributed by atoms with Gasteiger partial charge in [-0.1, -0.05) is 42.5 Å². The highest BCUT2D eigenvalue weighted by molar-refractivity contribution is 6.04. The lowest BCUT2D eigenvalue weighted by atomic mass is 10.1. The second-order valence-corrected chi connectivity index (χ2v) is 4.21. The fraction of sp³-hybridized carbons (Fsp3) is 0.133. The molecule has 0 aliphatic heterocycles. The average Bonchev–Trinajstić information content (AvgIpc) is 2.45. The smallest absolute Gasteiger partial charge is 0.380 e. The van der Waals surface area contributed by atoms with Crippen molar-refractivity contribution in [3.8, 4) is 0 Å². The molecule has 104 valence electrons. The van der Waals surface area contributed by atoms with E-state index in [1.165, 1.54) is 18.2 Å². The van der Waals surface area contributed by atoms with Crippen LogP contribution in [0.4, 0.5) is 18.9 Å². The molecular formula is C15H12F3NO. The number of benzene rings is 2. The number of carbonyl (C=O) groups excluding carboxylic acids is 1. The first-order chi connectivity index (χ1) is 9.48. The van der Waals surface area contributed by atoms with Crippen molar-refractivity contribution < 1.29 is 18.0 Å². The molecule has 2 nitrogen and oxygen atoms in total. The molecule has 0 bridgehead atoms. The molecule has 2 aromatic rings. The number of Topliss-reactive ketones (excluding diaryl/α,β-unsaturated/α-hetero) is 1. The molecule has 0 spiro atoms. The molecule has 0 aliphatic rings. The van der Waals surface area contributed by atoms with Gasteiger partial charge in [-0.15, -0.1) is 0 Å². The summed E-state index contributed by atoms with van der Waals surface area (Å²) >= 11 is 0. The third-order valence-electron chi connectivity index (χ3n) is 2.75. The van der Waals surface area contributed by atoms with Gasteiger partial charge in [0.05, 0.1) is 5.56 Å². The minimum Gasteiger partial charge on any atom is -0.380 e. The molecule has 0 saturated heterocycles. The van der Waals surface area contributed by atoms with Crippen LogP contribution >= 0.6 is 0 Å². The summed E-state index contributed by atoms with van der Waals surface area (Å²) in [6.07, 6.45) is -4.87. The Balaban J connectivity index is 2.19. The summed E-state index contributed by atoms with van der Waals surface area (Å²) in [4.78, 5) is 11.3. The van der Waals surface area contributed by atoms with Crippen LogP contribution in [0.1, 0.15) is 15.9 Å². The molecule has 0 aliphatic carbocycles. The maximum Gasteiger partial charge on any atom is 0.454 e. The van der Waals surface area contributed by atoms with Gasteiger partial charge in [0.2, 0.25) is 0 Å². The zero-order valence-corrected chi connectivity index (χ0v) is 10.4. The van der Waals surface area contributed by atoms with E-state index in [1.54, 1.807) is 6.07 Å². The number of nitrogens with one attached hydrogen (secondary N) is 1. The van der Waals surface area contributed by atoms with E-state index in [4.69, 9.17) is 0 Å². The molecule has 0 amide bonds. The molecule has 0 atom stereocenters. The highest BCUT2D eigenvalue weighted by atomic mass is 19.4. The Bertz CT molecular complexity index is 594. The predicted molar refractivity (Wildman–Crippen MR) is 70.6 cm³/mol. The first-order valence-electron chi connectivity index (χ1n) is 5.97. The van der Waals surface area contributed by atoms with E-state index in [2.05, 4.69) is 5.32 Å². The summed E-state index contributed by atoms with van der Waals surface area (Å²) < 4.78 is 37.5. The minimum absolute atomic E-state index is 0.179. The van der Waals surface area contributed by atoms with E-state index >= 15 is 0 Å². The molecule has 2 aromatic carbocycles. The van der Waals surface area contributed by atoms with E-state index in [0.29, 0.717) is 6.54 Å². The van der Waals surface area contributed by atoms with Gasteiger partial charge in [0.1, 0.15) is 0 Å². The number of hydrogen-bond acceptors (Lipinski definition) is 2. The van der Waals surface area contributed by atoms with Gasteiger partial charge in [-0.3, -0.25) is 4.79 Å². The van der Waals surface area contributed by atoms with Crippen molar-refractivity contribution in [2.75, 3.05) is 5.32 Å². The predicted octanol–water partition coefficient (Wildman–Crippen LogP) is 4.04. The monoisotopic (exact) mass is 279 g/mol. The molecule has 0 unspecified atom stereocenters. The molecular weight excluding hydrogens is 267 g/mol. The number of carbonyl (C=O) groups is 1. The molecule has 5 heteroatoms. The standard InChI is InChI=1S/C15H12F3NO/c16-15(17,18)14(20)12-8-4-5-9-13(12)19-10-11-6-2-1-3-7-11/h1-9,19H,10H2. The van der Waals surface area contributed by atoms with Crippen molar-refractivity contribution >= 4 is 11.5 Å². The van der Waals surface area contributed by atoms with E-state index in [1.807, 2.05) is 30.3 Å². The number of hydrogen-bond donors (Lipinski definition) is 1. The Kier molecular flexibility index (Phi) is 4.08. The Hall–Kier alpha value is -2.30. The van der Waals surface area contributed by atoms with Crippen LogP contribution in [0, 0.1) is 0 Å². The van der Waals surface area contributed by atoms with Gasteiger partial charge < -0.3 is 5.32 Å². The summed E-state index contributed by atoms with van der Waals surface area (Å²) in [5.41, 5.74) is 0.733. The van der Waals surface area contributed by atoms with Crippen molar-refractivity contribution in [1.82, 2.24) is 0 Å². The van der Waals surface area contributed by atoms with Crippen molar-refractivity contribution in [2.24, 2.45) is 0 Å². The van der Waals surface area contributed by atoms with Crippen LogP contribution in [-0.4, -0.2) is 12.0 Å². The van der Waals surface area contributed by atoms with E-state index < -0.39 is 12.0 Å². The van der Waals surface area contributed by atoms with Crippen molar-refractivity contribution in [2.45, 2.75) is 12.7 Å². The summed E-state index contributed by atoms with van der Waals surface area (Å²) in [6, 6.07) is 14.8. The van der Waals surface area contributed by atoms with Crippen LogP contribution in [-0.2, 0) is 6.54 Å². The lowest BCUT2D eigenvalue weighted by molar-refractivity contribution is -0.0884. The topological polar surface area (TPSA) is 29.1 Å². The van der Waals surface area contributed by atoms with Crippen LogP contribution in [0.25, 0.3) is 0 Å². The SMILES string of the molecule is O=C(c1ccccc1NCc1ccccc1)C(F)(F)F. The van der Waals surface area contributed by atoms with E-state index in [-0.39, 0.29) is 11.3 Å². The summed E-state index contributed by atoms with van der Waals surface area (Å²) in [6.45, 7) is 0.350. The van der Waals surface area contributed by atoms with Gasteiger partial charge in [0.15, 0.2) is 0 Å². The van der Waals surface area contributed by atoms with Gasteiger partial charge in [-0.05, 0) is 17.7 Å². The normalized spacial score (nSPS) is 11.2. The van der Waals surface area contributed by atoms with Crippen molar-refractivity contribution in [3.63, 3.8) is 0 Å². The quantitative estimate of drug-likeness (QED) is 0.856. The summed E-state index contributed by atoms with van der Waals surface area (Å²) in [7, 11) is 0. The molecule has 0 radical (unpaired) electrons. The zero-order chi connectivity index (χ0) is 14.6. The van der Waals surface area contributed by atoms with Gasteiger partial charge >= 0.3 is 6.18 Å². The molecule has 0 fully saturated rings. The number of anilines is 1. The van der Waals surface area contributed by atoms with Gasteiger partial charge in [0, 0.05) is 12.2 Å². The molecule has 0 saturated carbocycles. The Labute approximate surface area is 114 Å². The van der Waals surface area contributed by atoms with Crippen molar-refractivity contribution in [3.05, 3.63) is 65.7 Å². The Morgan fingerprint density at radius 3 is 2.20 bits per heavy atom. The lowest BCUT2D eigenvalue weighted by Crippen LogP contribution is -2.23. The zero-order valence-electron chi connectivity index (χ0n) is 10.4. The Morgan fingerprint density at radius 2 is 1.55 bits per heavy atom. The average molecular weight is 279 g/mol. The second-order valence-electron chi connectivity index (χ2n) is 4.21. The van der Waals surface area contributed by atoms with Crippen LogP contribution in [0.15, 0.2) is 54.6 Å². The fourth-order valence-corrected chi connectivity index (χ4v) is 1.78. The number of rotatable bonds is 4. The first kappa shape index (κ1) is 14.1. The molecule has 0 heterocycles. The third kappa shape index (κ3) is 3.38. The minimum atomic E-state index is -4.87. The molecule has 0 aromatic heterocycles. The maximum absolute atomic E-state index is 12.5. The number of para-hydroxylation sites is 1. The highest BCUT2D eigenvalue weighted by Gasteiger charge is 2.40. The van der Waals surface area contributed by atoms with Gasteiger partial charge in [0.25, 0.3) is 5.78 Å². The van der Waals surface area contributed by atoms with Gasteiger partial charge in [-0.2, -0.15) is 13.2 Å². The van der Waals surface area contributed by atoms with E-state index in [9.17, 15) is 18.0 Å². The summed E-state index contributed by atoms with van der Waals surface area (Å²) in [5, 5.41) is 2.86. The molecule has 2 rings (SSSR count). The molecule has 20 heavy (non-hydrogen) atoms. The highest BCUT2D eigenvalue weighted by Crippen LogP contribution is 2.26.